The van der Waals surface area contributed by atoms with Gasteiger partial charge in [-0.05, 0) is 123 Å². The second-order valence-corrected chi connectivity index (χ2v) is 22.1. The summed E-state index contributed by atoms with van der Waals surface area (Å²) in [5.41, 5.74) is 15.6. The first-order chi connectivity index (χ1) is 28.0. The van der Waals surface area contributed by atoms with Crippen LogP contribution in [0.5, 0.6) is 0 Å². The van der Waals surface area contributed by atoms with Crippen LogP contribution < -0.4 is 9.80 Å². The first-order valence-corrected chi connectivity index (χ1v) is 22.2. The van der Waals surface area contributed by atoms with Crippen molar-refractivity contribution in [3.05, 3.63) is 155 Å². The van der Waals surface area contributed by atoms with Crippen LogP contribution in [-0.2, 0) is 27.1 Å². The average molecular weight is 799 g/mol. The van der Waals surface area contributed by atoms with Crippen molar-refractivity contribution in [1.29, 1.82) is 0 Å². The zero-order chi connectivity index (χ0) is 43.6. The predicted molar refractivity (Wildman–Crippen MR) is 259 cm³/mol. The minimum Gasteiger partial charge on any atom is -0.466 e. The summed E-state index contributed by atoms with van der Waals surface area (Å²) in [5, 5.41) is 0. The SMILES string of the molecule is CC(C)c1cc(N(c2ccc(C(C)(C)C)cc2)c2ccc(C(C)(C)C)cc2)cc(N(c2ccc(C(C)(C)C)cc2-c2ccccc2)c2coc3c2C(C)(C)CCC3(C)C)c1. The Kier molecular flexibility index (Phi) is 11.1. The summed E-state index contributed by atoms with van der Waals surface area (Å²) in [5.74, 6) is 1.38. The van der Waals surface area contributed by atoms with Gasteiger partial charge in [-0.1, -0.05) is 165 Å². The molecule has 1 heterocycles. The predicted octanol–water partition coefficient (Wildman–Crippen LogP) is 17.3. The summed E-state index contributed by atoms with van der Waals surface area (Å²) >= 11 is 0. The molecule has 1 aliphatic carbocycles. The van der Waals surface area contributed by atoms with Gasteiger partial charge in [0, 0.05) is 39.3 Å². The largest absolute Gasteiger partial charge is 0.466 e. The van der Waals surface area contributed by atoms with E-state index in [4.69, 9.17) is 4.42 Å². The molecule has 0 fully saturated rings. The van der Waals surface area contributed by atoms with Crippen LogP contribution >= 0.6 is 0 Å². The van der Waals surface area contributed by atoms with Crippen LogP contribution in [0.1, 0.15) is 156 Å². The standard InChI is InChI=1S/C57H70N2O/c1-38(2)40-33-46(58(44-26-21-41(22-27-44)53(3,4)5)45-28-23-42(24-29-45)54(6,7)8)36-47(34-40)59(50-37-60-52-51(50)56(12,13)31-32-57(52,14)15)49-30-25-43(55(9,10)11)35-48(49)39-19-17-16-18-20-39/h16-30,33-38H,31-32H2,1-15H3. The summed E-state index contributed by atoms with van der Waals surface area (Å²) in [6.45, 7) is 34.7. The Hall–Kier alpha value is -5.02. The summed E-state index contributed by atoms with van der Waals surface area (Å²) < 4.78 is 6.80. The zero-order valence-corrected chi connectivity index (χ0v) is 39.3. The summed E-state index contributed by atoms with van der Waals surface area (Å²) in [6.07, 6.45) is 4.23. The quantitative estimate of drug-likeness (QED) is 0.153. The van der Waals surface area contributed by atoms with Crippen LogP contribution in [0.15, 0.2) is 126 Å². The van der Waals surface area contributed by atoms with Crippen LogP contribution in [-0.4, -0.2) is 0 Å². The van der Waals surface area contributed by atoms with Gasteiger partial charge >= 0.3 is 0 Å². The highest BCUT2D eigenvalue weighted by Gasteiger charge is 2.43. The number of furan rings is 1. The van der Waals surface area contributed by atoms with E-state index in [1.807, 2.05) is 0 Å². The third-order valence-electron chi connectivity index (χ3n) is 13.0. The molecule has 0 bridgehead atoms. The van der Waals surface area contributed by atoms with Crippen molar-refractivity contribution >= 4 is 34.1 Å². The fraction of sp³-hybridized carbons (Fsp3) is 0.404. The van der Waals surface area contributed by atoms with E-state index in [2.05, 4.69) is 235 Å². The highest BCUT2D eigenvalue weighted by Crippen LogP contribution is 2.55. The maximum atomic E-state index is 6.80. The molecule has 0 saturated carbocycles. The van der Waals surface area contributed by atoms with E-state index in [9.17, 15) is 0 Å². The molecule has 0 amide bonds. The monoisotopic (exact) mass is 799 g/mol. The fourth-order valence-electron chi connectivity index (χ4n) is 8.86. The maximum Gasteiger partial charge on any atom is 0.115 e. The van der Waals surface area contributed by atoms with Gasteiger partial charge in [-0.3, -0.25) is 0 Å². The molecule has 0 aliphatic heterocycles. The molecule has 314 valence electrons. The van der Waals surface area contributed by atoms with Gasteiger partial charge in [-0.2, -0.15) is 0 Å². The van der Waals surface area contributed by atoms with Crippen molar-refractivity contribution in [3.63, 3.8) is 0 Å². The Morgan fingerprint density at radius 1 is 0.500 bits per heavy atom. The van der Waals surface area contributed by atoms with Crippen LogP contribution in [0.4, 0.5) is 34.1 Å². The summed E-state index contributed by atoms with van der Waals surface area (Å²) in [4.78, 5) is 4.98. The number of anilines is 6. The molecule has 0 atom stereocenters. The molecule has 3 heteroatoms. The first kappa shape index (κ1) is 43.1. The summed E-state index contributed by atoms with van der Waals surface area (Å²) in [6, 6.07) is 43.7. The van der Waals surface area contributed by atoms with E-state index in [0.29, 0.717) is 0 Å². The number of rotatable bonds is 8. The second-order valence-electron chi connectivity index (χ2n) is 22.1. The number of fused-ring (bicyclic) bond motifs is 1. The van der Waals surface area contributed by atoms with Crippen LogP contribution in [0, 0.1) is 0 Å². The lowest BCUT2D eigenvalue weighted by Crippen LogP contribution is -2.33. The third kappa shape index (κ3) is 8.47. The Bertz CT molecular complexity index is 2380. The number of benzene rings is 5. The molecular weight excluding hydrogens is 729 g/mol. The molecule has 1 aromatic heterocycles. The Balaban J connectivity index is 1.56. The van der Waals surface area contributed by atoms with Gasteiger partial charge in [-0.25, -0.2) is 0 Å². The van der Waals surface area contributed by atoms with Crippen molar-refractivity contribution in [2.24, 2.45) is 0 Å². The van der Waals surface area contributed by atoms with Gasteiger partial charge in [0.15, 0.2) is 0 Å². The Labute approximate surface area is 362 Å². The second kappa shape index (κ2) is 15.5. The van der Waals surface area contributed by atoms with Crippen LogP contribution in [0.25, 0.3) is 11.1 Å². The highest BCUT2D eigenvalue weighted by molar-refractivity contribution is 5.91. The first-order valence-electron chi connectivity index (χ1n) is 22.2. The van der Waals surface area contributed by atoms with Crippen LogP contribution in [0.3, 0.4) is 0 Å². The van der Waals surface area contributed by atoms with Gasteiger partial charge in [0.2, 0.25) is 0 Å². The van der Waals surface area contributed by atoms with Gasteiger partial charge in [-0.15, -0.1) is 0 Å². The molecule has 0 unspecified atom stereocenters. The molecule has 0 radical (unpaired) electrons. The lowest BCUT2D eigenvalue weighted by Gasteiger charge is -2.40. The zero-order valence-electron chi connectivity index (χ0n) is 39.3. The smallest absolute Gasteiger partial charge is 0.115 e. The van der Waals surface area contributed by atoms with Gasteiger partial charge in [0.05, 0.1) is 11.4 Å². The normalized spacial score (nSPS) is 15.2. The number of hydrogen-bond acceptors (Lipinski definition) is 3. The van der Waals surface area contributed by atoms with E-state index in [1.165, 1.54) is 38.9 Å². The topological polar surface area (TPSA) is 19.6 Å². The molecule has 7 rings (SSSR count). The molecule has 1 aliphatic rings. The van der Waals surface area contributed by atoms with Crippen molar-refractivity contribution in [2.75, 3.05) is 9.80 Å². The maximum absolute atomic E-state index is 6.80. The lowest BCUT2D eigenvalue weighted by molar-refractivity contribution is 0.278. The Morgan fingerprint density at radius 2 is 0.983 bits per heavy atom. The van der Waals surface area contributed by atoms with Gasteiger partial charge in [0.25, 0.3) is 0 Å². The van der Waals surface area contributed by atoms with E-state index in [1.54, 1.807) is 0 Å². The molecule has 0 N–H and O–H groups in total. The van der Waals surface area contributed by atoms with Crippen molar-refractivity contribution < 1.29 is 4.42 Å². The number of hydrogen-bond donors (Lipinski definition) is 0. The van der Waals surface area contributed by atoms with Crippen molar-refractivity contribution in [2.45, 2.75) is 150 Å². The molecule has 60 heavy (non-hydrogen) atoms. The minimum absolute atomic E-state index is 0.0238. The molecular formula is C57H70N2O. The third-order valence-corrected chi connectivity index (χ3v) is 13.0. The Morgan fingerprint density at radius 3 is 1.48 bits per heavy atom. The minimum atomic E-state index is -0.0855. The summed E-state index contributed by atoms with van der Waals surface area (Å²) in [7, 11) is 0. The molecule has 0 saturated heterocycles. The fourth-order valence-corrected chi connectivity index (χ4v) is 8.86. The molecule has 3 nitrogen and oxygen atoms in total. The molecule has 6 aromatic rings. The van der Waals surface area contributed by atoms with E-state index in [-0.39, 0.29) is 33.0 Å². The highest BCUT2D eigenvalue weighted by atomic mass is 16.3. The van der Waals surface area contributed by atoms with E-state index < -0.39 is 0 Å². The lowest BCUT2D eigenvalue weighted by atomic mass is 9.66. The molecule has 5 aromatic carbocycles. The van der Waals surface area contributed by atoms with Gasteiger partial charge < -0.3 is 14.2 Å². The van der Waals surface area contributed by atoms with Crippen LogP contribution in [0.2, 0.25) is 0 Å². The van der Waals surface area contributed by atoms with Crippen molar-refractivity contribution in [1.82, 2.24) is 0 Å². The van der Waals surface area contributed by atoms with E-state index in [0.717, 1.165) is 52.7 Å². The average Bonchev–Trinajstić information content (AvgIpc) is 3.64. The van der Waals surface area contributed by atoms with E-state index >= 15 is 0 Å². The number of nitrogens with zero attached hydrogens (tertiary/aromatic N) is 2. The van der Waals surface area contributed by atoms with Crippen molar-refractivity contribution in [3.8, 4) is 11.1 Å². The molecule has 0 spiro atoms. The van der Waals surface area contributed by atoms with Gasteiger partial charge in [0.1, 0.15) is 12.0 Å².